The van der Waals surface area contributed by atoms with Crippen LogP contribution >= 0.6 is 0 Å². The molecule has 0 fully saturated rings. The number of aryl methyl sites for hydroxylation is 1. The number of amides is 1. The van der Waals surface area contributed by atoms with Gasteiger partial charge in [0.2, 0.25) is 0 Å². The van der Waals surface area contributed by atoms with Crippen LogP contribution in [0.25, 0.3) is 0 Å². The largest absolute Gasteiger partial charge is 0.478 e. The molecule has 116 valence electrons. The minimum absolute atomic E-state index is 0.0706. The molecule has 1 aromatic carbocycles. The number of carboxylic acids is 1. The summed E-state index contributed by atoms with van der Waals surface area (Å²) in [6, 6.07) is 6.51. The molecule has 2 aromatic rings. The number of benzene rings is 1. The third kappa shape index (κ3) is 3.32. The van der Waals surface area contributed by atoms with Crippen LogP contribution in [0.15, 0.2) is 45.9 Å². The molecule has 8 nitrogen and oxygen atoms in total. The number of hydrogen-bond acceptors (Lipinski definition) is 5. The quantitative estimate of drug-likeness (QED) is 0.702. The van der Waals surface area contributed by atoms with E-state index in [-0.39, 0.29) is 16.2 Å². The molecule has 1 amide bonds. The highest BCUT2D eigenvalue weighted by atomic mass is 32.2. The molecule has 0 radical (unpaired) electrons. The van der Waals surface area contributed by atoms with Gasteiger partial charge in [0.15, 0.2) is 5.76 Å². The second-order valence-electron chi connectivity index (χ2n) is 4.32. The predicted molar refractivity (Wildman–Crippen MR) is 74.6 cm³/mol. The Bertz CT molecular complexity index is 811. The minimum atomic E-state index is -4.12. The number of furan rings is 1. The summed E-state index contributed by atoms with van der Waals surface area (Å²) < 4.78 is 29.1. The predicted octanol–water partition coefficient (Wildman–Crippen LogP) is 0.910. The monoisotopic (exact) mass is 324 g/mol. The maximum atomic E-state index is 12.2. The number of nitrogens with one attached hydrogen (secondary N) is 2. The van der Waals surface area contributed by atoms with E-state index in [2.05, 4.69) is 0 Å². The molecule has 0 atom stereocenters. The van der Waals surface area contributed by atoms with Crippen molar-refractivity contribution in [3.63, 3.8) is 0 Å². The molecule has 0 saturated heterocycles. The van der Waals surface area contributed by atoms with Crippen molar-refractivity contribution in [3.8, 4) is 0 Å². The normalized spacial score (nSPS) is 11.1. The summed E-state index contributed by atoms with van der Waals surface area (Å²) in [5, 5.41) is 8.91. The minimum Gasteiger partial charge on any atom is -0.478 e. The van der Waals surface area contributed by atoms with Crippen LogP contribution in [0.1, 0.15) is 26.5 Å². The molecule has 0 aliphatic heterocycles. The zero-order valence-electron chi connectivity index (χ0n) is 11.4. The third-order valence-electron chi connectivity index (χ3n) is 2.77. The lowest BCUT2D eigenvalue weighted by atomic mass is 10.1. The van der Waals surface area contributed by atoms with Gasteiger partial charge in [-0.3, -0.25) is 10.2 Å². The molecule has 0 aliphatic carbocycles. The Kier molecular flexibility index (Phi) is 4.29. The van der Waals surface area contributed by atoms with Gasteiger partial charge in [-0.15, -0.1) is 4.83 Å². The van der Waals surface area contributed by atoms with E-state index < -0.39 is 21.9 Å². The van der Waals surface area contributed by atoms with E-state index in [9.17, 15) is 18.0 Å². The standard InChI is InChI=1S/C13H12N2O6S/c1-8-4-5-9(13(17)18)7-11(8)22(19,20)15-14-12(16)10-3-2-6-21-10/h2-7,15H,1H3,(H,14,16)(H,17,18). The summed E-state index contributed by atoms with van der Waals surface area (Å²) in [6.07, 6.45) is 1.27. The topological polar surface area (TPSA) is 126 Å². The Morgan fingerprint density at radius 3 is 2.55 bits per heavy atom. The molecule has 0 saturated carbocycles. The second-order valence-corrected chi connectivity index (χ2v) is 5.97. The van der Waals surface area contributed by atoms with Gasteiger partial charge in [-0.05, 0) is 36.8 Å². The van der Waals surface area contributed by atoms with Crippen LogP contribution in [0.3, 0.4) is 0 Å². The van der Waals surface area contributed by atoms with Crippen molar-refractivity contribution in [2.75, 3.05) is 0 Å². The van der Waals surface area contributed by atoms with E-state index in [1.54, 1.807) is 0 Å². The Morgan fingerprint density at radius 2 is 1.95 bits per heavy atom. The fraction of sp³-hybridized carbons (Fsp3) is 0.0769. The first-order valence-corrected chi connectivity index (χ1v) is 7.49. The zero-order valence-corrected chi connectivity index (χ0v) is 12.2. The summed E-state index contributed by atoms with van der Waals surface area (Å²) in [6.45, 7) is 1.51. The fourth-order valence-electron chi connectivity index (χ4n) is 1.66. The Labute approximate surface area is 125 Å². The van der Waals surface area contributed by atoms with Crippen LogP contribution in [-0.4, -0.2) is 25.4 Å². The summed E-state index contributed by atoms with van der Waals surface area (Å²) >= 11 is 0. The molecular weight excluding hydrogens is 312 g/mol. The molecule has 0 aliphatic rings. The van der Waals surface area contributed by atoms with Crippen molar-refractivity contribution in [1.29, 1.82) is 0 Å². The SMILES string of the molecule is Cc1ccc(C(=O)O)cc1S(=O)(=O)NNC(=O)c1ccco1. The van der Waals surface area contributed by atoms with E-state index >= 15 is 0 Å². The van der Waals surface area contributed by atoms with Crippen LogP contribution < -0.4 is 10.3 Å². The summed E-state index contributed by atoms with van der Waals surface area (Å²) in [5.74, 6) is -2.10. The maximum Gasteiger partial charge on any atom is 0.335 e. The summed E-state index contributed by atoms with van der Waals surface area (Å²) in [7, 11) is -4.12. The number of aromatic carboxylic acids is 1. The fourth-order valence-corrected chi connectivity index (χ4v) is 2.77. The van der Waals surface area contributed by atoms with Crippen LogP contribution in [0.2, 0.25) is 0 Å². The van der Waals surface area contributed by atoms with Crippen molar-refractivity contribution in [1.82, 2.24) is 10.3 Å². The van der Waals surface area contributed by atoms with Crippen molar-refractivity contribution in [2.24, 2.45) is 0 Å². The number of rotatable bonds is 5. The highest BCUT2D eigenvalue weighted by Gasteiger charge is 2.20. The average Bonchev–Trinajstić information content (AvgIpc) is 2.99. The van der Waals surface area contributed by atoms with Crippen LogP contribution in [0.4, 0.5) is 0 Å². The van der Waals surface area contributed by atoms with Crippen LogP contribution in [0.5, 0.6) is 0 Å². The Balaban J connectivity index is 2.22. The van der Waals surface area contributed by atoms with Gasteiger partial charge >= 0.3 is 11.9 Å². The molecule has 2 rings (SSSR count). The van der Waals surface area contributed by atoms with Gasteiger partial charge in [0.1, 0.15) is 0 Å². The number of sulfonamides is 1. The first kappa shape index (κ1) is 15.7. The van der Waals surface area contributed by atoms with Gasteiger partial charge in [-0.2, -0.15) is 0 Å². The van der Waals surface area contributed by atoms with Crippen molar-refractivity contribution in [3.05, 3.63) is 53.5 Å². The van der Waals surface area contributed by atoms with Gasteiger partial charge in [-0.1, -0.05) is 6.07 Å². The molecular formula is C13H12N2O6S. The lowest BCUT2D eigenvalue weighted by Crippen LogP contribution is -2.41. The summed E-state index contributed by atoms with van der Waals surface area (Å²) in [4.78, 5) is 24.2. The van der Waals surface area contributed by atoms with E-state index in [0.29, 0.717) is 5.56 Å². The van der Waals surface area contributed by atoms with Gasteiger partial charge in [-0.25, -0.2) is 13.2 Å². The molecule has 0 bridgehead atoms. The van der Waals surface area contributed by atoms with Gasteiger partial charge in [0.05, 0.1) is 16.7 Å². The summed E-state index contributed by atoms with van der Waals surface area (Å²) in [5.41, 5.74) is 2.14. The number of carbonyl (C=O) groups is 2. The zero-order chi connectivity index (χ0) is 16.3. The molecule has 3 N–H and O–H groups in total. The lowest BCUT2D eigenvalue weighted by molar-refractivity contribution is 0.0696. The van der Waals surface area contributed by atoms with E-state index in [0.717, 1.165) is 6.07 Å². The Morgan fingerprint density at radius 1 is 1.23 bits per heavy atom. The highest BCUT2D eigenvalue weighted by Crippen LogP contribution is 2.16. The molecule has 1 heterocycles. The van der Waals surface area contributed by atoms with Crippen LogP contribution in [-0.2, 0) is 10.0 Å². The van der Waals surface area contributed by atoms with Crippen LogP contribution in [0, 0.1) is 6.92 Å². The van der Waals surface area contributed by atoms with Gasteiger partial charge in [0, 0.05) is 0 Å². The smallest absolute Gasteiger partial charge is 0.335 e. The van der Waals surface area contributed by atoms with Crippen molar-refractivity contribution >= 4 is 21.9 Å². The first-order valence-electron chi connectivity index (χ1n) is 6.01. The molecule has 9 heteroatoms. The molecule has 0 spiro atoms. The molecule has 0 unspecified atom stereocenters. The van der Waals surface area contributed by atoms with Crippen molar-refractivity contribution in [2.45, 2.75) is 11.8 Å². The molecule has 22 heavy (non-hydrogen) atoms. The number of carboxylic acid groups (broad SMARTS) is 1. The van der Waals surface area contributed by atoms with E-state index in [1.165, 1.54) is 37.5 Å². The lowest BCUT2D eigenvalue weighted by Gasteiger charge is -2.10. The van der Waals surface area contributed by atoms with E-state index in [4.69, 9.17) is 9.52 Å². The van der Waals surface area contributed by atoms with E-state index in [1.807, 2.05) is 10.3 Å². The number of hydrogen-bond donors (Lipinski definition) is 3. The number of hydrazine groups is 1. The Hall–Kier alpha value is -2.65. The molecule has 1 aromatic heterocycles. The average molecular weight is 324 g/mol. The van der Waals surface area contributed by atoms with Gasteiger partial charge in [0.25, 0.3) is 10.0 Å². The van der Waals surface area contributed by atoms with Gasteiger partial charge < -0.3 is 9.52 Å². The third-order valence-corrected chi connectivity index (χ3v) is 4.16. The highest BCUT2D eigenvalue weighted by molar-refractivity contribution is 7.89. The maximum absolute atomic E-state index is 12.2. The first-order chi connectivity index (χ1) is 10.3. The second kappa shape index (κ2) is 6.00. The number of carbonyl (C=O) groups excluding carboxylic acids is 1. The van der Waals surface area contributed by atoms with Crippen molar-refractivity contribution < 1.29 is 27.5 Å².